The molecule has 1 aromatic heterocycles. The summed E-state index contributed by atoms with van der Waals surface area (Å²) in [6.07, 6.45) is -3.06. The van der Waals surface area contributed by atoms with E-state index >= 15 is 0 Å². The highest BCUT2D eigenvalue weighted by molar-refractivity contribution is 6.32. The number of halogens is 4. The fraction of sp³-hybridized carbons (Fsp3) is 0.500. The first-order valence-corrected chi connectivity index (χ1v) is 3.89. The monoisotopic (exact) mass is 229 g/mol. The quantitative estimate of drug-likeness (QED) is 0.858. The molecule has 0 aliphatic rings. The van der Waals surface area contributed by atoms with Crippen LogP contribution in [0.5, 0.6) is 0 Å². The van der Waals surface area contributed by atoms with E-state index in [-0.39, 0.29) is 17.6 Å². The highest BCUT2D eigenvalue weighted by Crippen LogP contribution is 2.17. The van der Waals surface area contributed by atoms with Gasteiger partial charge in [0, 0.05) is 6.20 Å². The van der Waals surface area contributed by atoms with Crippen molar-refractivity contribution in [2.24, 2.45) is 0 Å². The molecule has 1 heterocycles. The van der Waals surface area contributed by atoms with E-state index in [4.69, 9.17) is 17.3 Å². The van der Waals surface area contributed by atoms with Gasteiger partial charge in [-0.15, -0.1) is 0 Å². The lowest BCUT2D eigenvalue weighted by atomic mass is 10.7. The van der Waals surface area contributed by atoms with Gasteiger partial charge in [-0.05, 0) is 0 Å². The molecular formula is C6H7ClF3N3O. The summed E-state index contributed by atoms with van der Waals surface area (Å²) in [5.74, 6) is 0.0577. The number of hydrogen-bond acceptors (Lipinski definition) is 3. The molecule has 1 aromatic rings. The molecule has 0 unspecified atom stereocenters. The molecule has 80 valence electrons. The molecule has 0 atom stereocenters. The van der Waals surface area contributed by atoms with E-state index in [1.54, 1.807) is 0 Å². The SMILES string of the molecule is Nc1nn(COCC(F)(F)F)cc1Cl. The molecule has 0 radical (unpaired) electrons. The summed E-state index contributed by atoms with van der Waals surface area (Å²) in [7, 11) is 0. The molecule has 2 N–H and O–H groups in total. The maximum Gasteiger partial charge on any atom is 0.411 e. The molecule has 0 aliphatic carbocycles. The predicted octanol–water partition coefficient (Wildman–Crippen LogP) is 1.66. The Morgan fingerprint density at radius 3 is 2.64 bits per heavy atom. The minimum atomic E-state index is -4.34. The zero-order valence-corrected chi connectivity index (χ0v) is 7.64. The highest BCUT2D eigenvalue weighted by atomic mass is 35.5. The number of rotatable bonds is 3. The molecule has 14 heavy (non-hydrogen) atoms. The number of hydrogen-bond donors (Lipinski definition) is 1. The second-order valence-corrected chi connectivity index (χ2v) is 2.90. The Bertz CT molecular complexity index is 292. The molecule has 0 saturated carbocycles. The number of alkyl halides is 3. The van der Waals surface area contributed by atoms with Crippen molar-refractivity contribution in [2.75, 3.05) is 12.3 Å². The van der Waals surface area contributed by atoms with E-state index in [2.05, 4.69) is 9.84 Å². The minimum Gasteiger partial charge on any atom is -0.381 e. The van der Waals surface area contributed by atoms with Crippen LogP contribution in [0.15, 0.2) is 6.20 Å². The van der Waals surface area contributed by atoms with Gasteiger partial charge in [0.05, 0.1) is 0 Å². The largest absolute Gasteiger partial charge is 0.411 e. The summed E-state index contributed by atoms with van der Waals surface area (Å²) in [6, 6.07) is 0. The lowest BCUT2D eigenvalue weighted by Crippen LogP contribution is -2.18. The van der Waals surface area contributed by atoms with Crippen LogP contribution in [0.4, 0.5) is 19.0 Å². The van der Waals surface area contributed by atoms with E-state index < -0.39 is 12.8 Å². The van der Waals surface area contributed by atoms with Gasteiger partial charge in [0.2, 0.25) is 0 Å². The lowest BCUT2D eigenvalue weighted by Gasteiger charge is -2.06. The van der Waals surface area contributed by atoms with E-state index in [0.29, 0.717) is 0 Å². The third-order valence-corrected chi connectivity index (χ3v) is 1.52. The molecule has 0 fully saturated rings. The number of ether oxygens (including phenoxy) is 1. The van der Waals surface area contributed by atoms with Crippen LogP contribution in [-0.2, 0) is 11.5 Å². The Balaban J connectivity index is 2.39. The summed E-state index contributed by atoms with van der Waals surface area (Å²) in [6.45, 7) is -1.67. The first-order valence-electron chi connectivity index (χ1n) is 3.51. The van der Waals surface area contributed by atoms with Crippen LogP contribution in [0, 0.1) is 0 Å². The fourth-order valence-electron chi connectivity index (χ4n) is 0.733. The average Bonchev–Trinajstić information content (AvgIpc) is 2.28. The van der Waals surface area contributed by atoms with Gasteiger partial charge in [-0.2, -0.15) is 18.3 Å². The number of nitrogens with two attached hydrogens (primary N) is 1. The third kappa shape index (κ3) is 3.43. The summed E-state index contributed by atoms with van der Waals surface area (Å²) < 4.78 is 40.3. The van der Waals surface area contributed by atoms with Crippen LogP contribution in [0.3, 0.4) is 0 Å². The molecule has 0 amide bonds. The van der Waals surface area contributed by atoms with Crippen molar-refractivity contribution in [3.05, 3.63) is 11.2 Å². The Labute approximate surface area is 82.4 Å². The summed E-state index contributed by atoms with van der Waals surface area (Å²) in [5.41, 5.74) is 5.26. The van der Waals surface area contributed by atoms with Gasteiger partial charge in [0.1, 0.15) is 18.4 Å². The van der Waals surface area contributed by atoms with Crippen LogP contribution < -0.4 is 5.73 Å². The smallest absolute Gasteiger partial charge is 0.381 e. The van der Waals surface area contributed by atoms with Crippen LogP contribution in [0.25, 0.3) is 0 Å². The minimum absolute atomic E-state index is 0.0577. The lowest BCUT2D eigenvalue weighted by molar-refractivity contribution is -0.182. The number of nitrogens with zero attached hydrogens (tertiary/aromatic N) is 2. The average molecular weight is 230 g/mol. The normalized spacial score (nSPS) is 12.0. The van der Waals surface area contributed by atoms with Gasteiger partial charge in [0.25, 0.3) is 0 Å². The van der Waals surface area contributed by atoms with Crippen molar-refractivity contribution in [3.63, 3.8) is 0 Å². The highest BCUT2D eigenvalue weighted by Gasteiger charge is 2.27. The second kappa shape index (κ2) is 4.05. The molecule has 0 aliphatic heterocycles. The third-order valence-electron chi connectivity index (χ3n) is 1.23. The van der Waals surface area contributed by atoms with Gasteiger partial charge in [-0.1, -0.05) is 11.6 Å². The summed E-state index contributed by atoms with van der Waals surface area (Å²) in [5, 5.41) is 3.78. The van der Waals surface area contributed by atoms with E-state index in [9.17, 15) is 13.2 Å². The molecule has 0 spiro atoms. The topological polar surface area (TPSA) is 53.1 Å². The number of nitrogen functional groups attached to an aromatic ring is 1. The zero-order valence-electron chi connectivity index (χ0n) is 6.88. The van der Waals surface area contributed by atoms with E-state index in [0.717, 1.165) is 4.68 Å². The van der Waals surface area contributed by atoms with Gasteiger partial charge in [-0.3, -0.25) is 0 Å². The Kier molecular flexibility index (Phi) is 3.22. The van der Waals surface area contributed by atoms with Gasteiger partial charge >= 0.3 is 6.18 Å². The van der Waals surface area contributed by atoms with Crippen LogP contribution in [0.2, 0.25) is 5.02 Å². The van der Waals surface area contributed by atoms with Crippen molar-refractivity contribution in [3.8, 4) is 0 Å². The first kappa shape index (κ1) is 11.1. The van der Waals surface area contributed by atoms with Crippen molar-refractivity contribution in [2.45, 2.75) is 12.9 Å². The first-order chi connectivity index (χ1) is 6.38. The molecule has 1 rings (SSSR count). The molecule has 0 aromatic carbocycles. The Morgan fingerprint density at radius 2 is 2.21 bits per heavy atom. The Morgan fingerprint density at radius 1 is 1.57 bits per heavy atom. The van der Waals surface area contributed by atoms with Crippen LogP contribution >= 0.6 is 11.6 Å². The van der Waals surface area contributed by atoms with E-state index in [1.165, 1.54) is 6.20 Å². The van der Waals surface area contributed by atoms with Gasteiger partial charge in [0.15, 0.2) is 5.82 Å². The predicted molar refractivity (Wildman–Crippen MR) is 43.7 cm³/mol. The van der Waals surface area contributed by atoms with Gasteiger partial charge < -0.3 is 10.5 Å². The second-order valence-electron chi connectivity index (χ2n) is 2.49. The molecule has 0 bridgehead atoms. The maximum absolute atomic E-state index is 11.6. The number of anilines is 1. The zero-order chi connectivity index (χ0) is 10.8. The van der Waals surface area contributed by atoms with E-state index in [1.807, 2.05) is 0 Å². The summed E-state index contributed by atoms with van der Waals surface area (Å²) >= 11 is 5.51. The standard InChI is InChI=1S/C6H7ClF3N3O/c7-4-1-13(12-5(4)11)3-14-2-6(8,9)10/h1H,2-3H2,(H2,11,12). The molecular weight excluding hydrogens is 223 g/mol. The van der Waals surface area contributed by atoms with Crippen LogP contribution in [-0.4, -0.2) is 22.6 Å². The molecule has 8 heteroatoms. The Hall–Kier alpha value is -0.950. The van der Waals surface area contributed by atoms with Crippen LogP contribution in [0.1, 0.15) is 0 Å². The van der Waals surface area contributed by atoms with Crippen molar-refractivity contribution >= 4 is 17.4 Å². The van der Waals surface area contributed by atoms with Crippen molar-refractivity contribution < 1.29 is 17.9 Å². The van der Waals surface area contributed by atoms with Gasteiger partial charge in [-0.25, -0.2) is 4.68 Å². The molecule has 0 saturated heterocycles. The van der Waals surface area contributed by atoms with Crippen molar-refractivity contribution in [1.29, 1.82) is 0 Å². The maximum atomic E-state index is 11.6. The number of aromatic nitrogens is 2. The molecule has 4 nitrogen and oxygen atoms in total. The van der Waals surface area contributed by atoms with Crippen molar-refractivity contribution in [1.82, 2.24) is 9.78 Å². The fourth-order valence-corrected chi connectivity index (χ4v) is 0.883. The summed E-state index contributed by atoms with van der Waals surface area (Å²) in [4.78, 5) is 0.